The van der Waals surface area contributed by atoms with Crippen LogP contribution >= 0.6 is 0 Å². The van der Waals surface area contributed by atoms with Gasteiger partial charge in [0, 0.05) is 30.6 Å². The van der Waals surface area contributed by atoms with Crippen molar-refractivity contribution in [1.29, 1.82) is 0 Å². The predicted molar refractivity (Wildman–Crippen MR) is 128 cm³/mol. The van der Waals surface area contributed by atoms with Crippen molar-refractivity contribution in [2.24, 2.45) is 0 Å². The Labute approximate surface area is 189 Å². The molecule has 3 rings (SSSR count). The van der Waals surface area contributed by atoms with Crippen LogP contribution in [-0.4, -0.2) is 51.4 Å². The van der Waals surface area contributed by atoms with Gasteiger partial charge in [0.1, 0.15) is 0 Å². The van der Waals surface area contributed by atoms with E-state index < -0.39 is 10.0 Å². The number of likely N-dealkylation sites (N-methyl/N-ethyl adjacent to an activating group) is 1. The van der Waals surface area contributed by atoms with Gasteiger partial charge in [0.2, 0.25) is 5.91 Å². The van der Waals surface area contributed by atoms with Gasteiger partial charge in [-0.15, -0.1) is 0 Å². The molecule has 32 heavy (non-hydrogen) atoms. The number of nitrogens with zero attached hydrogens (tertiary/aromatic N) is 2. The molecule has 0 bridgehead atoms. The third-order valence-electron chi connectivity index (χ3n) is 5.07. The third-order valence-corrected chi connectivity index (χ3v) is 6.45. The van der Waals surface area contributed by atoms with Crippen LogP contribution in [-0.2, 0) is 21.2 Å². The van der Waals surface area contributed by atoms with Gasteiger partial charge in [-0.2, -0.15) is 0 Å². The van der Waals surface area contributed by atoms with Gasteiger partial charge in [-0.25, -0.2) is 8.42 Å². The zero-order valence-electron chi connectivity index (χ0n) is 18.8. The number of carbonyl (C=O) groups excluding carboxylic acids is 1. The van der Waals surface area contributed by atoms with Gasteiger partial charge in [-0.05, 0) is 58.1 Å². The monoisotopic (exact) mass is 454 g/mol. The van der Waals surface area contributed by atoms with Gasteiger partial charge >= 0.3 is 0 Å². The molecule has 0 aliphatic heterocycles. The normalized spacial score (nSPS) is 11.6. The van der Waals surface area contributed by atoms with Crippen LogP contribution in [0.5, 0.6) is 0 Å². The Morgan fingerprint density at radius 3 is 2.50 bits per heavy atom. The Balaban J connectivity index is 1.69. The van der Waals surface area contributed by atoms with E-state index in [-0.39, 0.29) is 10.8 Å². The van der Waals surface area contributed by atoms with Crippen LogP contribution in [0.4, 0.5) is 5.69 Å². The molecule has 0 saturated heterocycles. The van der Waals surface area contributed by atoms with E-state index in [1.807, 2.05) is 44.1 Å². The molecule has 1 aromatic heterocycles. The highest BCUT2D eigenvalue weighted by Gasteiger charge is 2.16. The third kappa shape index (κ3) is 6.51. The lowest BCUT2D eigenvalue weighted by molar-refractivity contribution is -0.121. The van der Waals surface area contributed by atoms with E-state index in [0.717, 1.165) is 23.2 Å². The summed E-state index contributed by atoms with van der Waals surface area (Å²) >= 11 is 0. The number of benzene rings is 2. The molecule has 0 unspecified atom stereocenters. The van der Waals surface area contributed by atoms with Gasteiger partial charge in [-0.1, -0.05) is 35.9 Å². The second kappa shape index (κ2) is 10.6. The number of para-hydroxylation sites is 1. The fourth-order valence-corrected chi connectivity index (χ4v) is 4.33. The standard InChI is InChI=1S/C24H30N4O3S/c1-18-10-14-21(15-11-18)32(30,31)27-22-8-4-6-19-12-13-20(26-24(19)22)7-5-9-23(29)25-16-17-28(2)3/h4,6,8,10-15,27H,5,7,9,16-17H2,1-3H3,(H,25,29). The molecule has 2 N–H and O–H groups in total. The average Bonchev–Trinajstić information content (AvgIpc) is 2.74. The van der Waals surface area contributed by atoms with Crippen molar-refractivity contribution in [3.05, 3.63) is 65.9 Å². The fourth-order valence-electron chi connectivity index (χ4n) is 3.27. The highest BCUT2D eigenvalue weighted by molar-refractivity contribution is 7.92. The van der Waals surface area contributed by atoms with Gasteiger partial charge in [0.05, 0.1) is 16.1 Å². The molecular formula is C24H30N4O3S. The molecule has 170 valence electrons. The second-order valence-corrected chi connectivity index (χ2v) is 9.79. The number of carbonyl (C=O) groups is 1. The number of pyridine rings is 1. The highest BCUT2D eigenvalue weighted by atomic mass is 32.2. The number of hydrogen-bond donors (Lipinski definition) is 2. The Bertz CT molecular complexity index is 1180. The summed E-state index contributed by atoms with van der Waals surface area (Å²) in [6.45, 7) is 3.34. The number of nitrogens with one attached hydrogen (secondary N) is 2. The SMILES string of the molecule is Cc1ccc(S(=O)(=O)Nc2cccc3ccc(CCCC(=O)NCCN(C)C)nc23)cc1. The zero-order valence-corrected chi connectivity index (χ0v) is 19.6. The quantitative estimate of drug-likeness (QED) is 0.490. The van der Waals surface area contributed by atoms with Crippen LogP contribution in [0.3, 0.4) is 0 Å². The van der Waals surface area contributed by atoms with Crippen molar-refractivity contribution in [2.75, 3.05) is 31.9 Å². The van der Waals surface area contributed by atoms with Crippen LogP contribution < -0.4 is 10.0 Å². The van der Waals surface area contributed by atoms with Gasteiger partial charge in [0.15, 0.2) is 0 Å². The summed E-state index contributed by atoms with van der Waals surface area (Å²) in [5.74, 6) is 0.0270. The first-order valence-electron chi connectivity index (χ1n) is 10.6. The van der Waals surface area contributed by atoms with Crippen molar-refractivity contribution in [2.45, 2.75) is 31.1 Å². The van der Waals surface area contributed by atoms with Crippen LogP contribution in [0.2, 0.25) is 0 Å². The van der Waals surface area contributed by atoms with Crippen LogP contribution in [0.15, 0.2) is 59.5 Å². The van der Waals surface area contributed by atoms with Gasteiger partial charge < -0.3 is 10.2 Å². The molecular weight excluding hydrogens is 424 g/mol. The number of anilines is 1. The van der Waals surface area contributed by atoms with Crippen LogP contribution in [0.1, 0.15) is 24.1 Å². The number of rotatable bonds is 10. The first-order chi connectivity index (χ1) is 15.2. The number of fused-ring (bicyclic) bond motifs is 1. The lowest BCUT2D eigenvalue weighted by atomic mass is 10.1. The number of aromatic nitrogens is 1. The number of hydrogen-bond acceptors (Lipinski definition) is 5. The van der Waals surface area contributed by atoms with Crippen molar-refractivity contribution in [3.63, 3.8) is 0 Å². The Morgan fingerprint density at radius 2 is 1.78 bits per heavy atom. The van der Waals surface area contributed by atoms with Crippen LogP contribution in [0.25, 0.3) is 10.9 Å². The maximum Gasteiger partial charge on any atom is 0.261 e. The van der Waals surface area contributed by atoms with E-state index in [9.17, 15) is 13.2 Å². The molecule has 1 heterocycles. The predicted octanol–water partition coefficient (Wildman–Crippen LogP) is 3.34. The minimum absolute atomic E-state index is 0.0270. The molecule has 0 atom stereocenters. The number of sulfonamides is 1. The lowest BCUT2D eigenvalue weighted by Crippen LogP contribution is -2.31. The largest absolute Gasteiger partial charge is 0.355 e. The molecule has 3 aromatic rings. The summed E-state index contributed by atoms with van der Waals surface area (Å²) in [4.78, 5) is 18.9. The molecule has 7 nitrogen and oxygen atoms in total. The van der Waals surface area contributed by atoms with Crippen molar-refractivity contribution in [1.82, 2.24) is 15.2 Å². The molecule has 0 saturated carbocycles. The molecule has 0 fully saturated rings. The summed E-state index contributed by atoms with van der Waals surface area (Å²) in [6.07, 6.45) is 1.73. The second-order valence-electron chi connectivity index (χ2n) is 8.11. The highest BCUT2D eigenvalue weighted by Crippen LogP contribution is 2.25. The number of aryl methyl sites for hydroxylation is 2. The fraction of sp³-hybridized carbons (Fsp3) is 0.333. The van der Waals surface area contributed by atoms with E-state index in [2.05, 4.69) is 15.0 Å². The maximum atomic E-state index is 12.8. The molecule has 0 aliphatic rings. The van der Waals surface area contributed by atoms with Crippen LogP contribution in [0, 0.1) is 6.92 Å². The van der Waals surface area contributed by atoms with Crippen molar-refractivity contribution >= 4 is 32.5 Å². The molecule has 2 aromatic carbocycles. The summed E-state index contributed by atoms with van der Waals surface area (Å²) < 4.78 is 28.3. The minimum Gasteiger partial charge on any atom is -0.355 e. The van der Waals surface area contributed by atoms with Crippen molar-refractivity contribution in [3.8, 4) is 0 Å². The Morgan fingerprint density at radius 1 is 1.03 bits per heavy atom. The van der Waals surface area contributed by atoms with E-state index in [4.69, 9.17) is 0 Å². The molecule has 0 spiro atoms. The Kier molecular flexibility index (Phi) is 7.82. The number of amides is 1. The van der Waals surface area contributed by atoms with Crippen molar-refractivity contribution < 1.29 is 13.2 Å². The lowest BCUT2D eigenvalue weighted by Gasteiger charge is -2.12. The summed E-state index contributed by atoms with van der Waals surface area (Å²) in [7, 11) is 0.206. The van der Waals surface area contributed by atoms with E-state index in [0.29, 0.717) is 37.0 Å². The molecule has 1 amide bonds. The van der Waals surface area contributed by atoms with E-state index in [1.54, 1.807) is 36.4 Å². The van der Waals surface area contributed by atoms with E-state index >= 15 is 0 Å². The van der Waals surface area contributed by atoms with Gasteiger partial charge in [-0.3, -0.25) is 14.5 Å². The first kappa shape index (κ1) is 23.7. The minimum atomic E-state index is -3.72. The molecule has 0 radical (unpaired) electrons. The van der Waals surface area contributed by atoms with Gasteiger partial charge in [0.25, 0.3) is 10.0 Å². The Hall–Kier alpha value is -2.97. The topological polar surface area (TPSA) is 91.4 Å². The summed E-state index contributed by atoms with van der Waals surface area (Å²) in [5, 5.41) is 3.75. The average molecular weight is 455 g/mol. The molecule has 8 heteroatoms. The van der Waals surface area contributed by atoms with E-state index in [1.165, 1.54) is 0 Å². The zero-order chi connectivity index (χ0) is 23.1. The molecule has 0 aliphatic carbocycles. The summed E-state index contributed by atoms with van der Waals surface area (Å²) in [6, 6.07) is 16.0. The first-order valence-corrected chi connectivity index (χ1v) is 12.1. The summed E-state index contributed by atoms with van der Waals surface area (Å²) in [5.41, 5.74) is 2.84. The maximum absolute atomic E-state index is 12.8. The smallest absolute Gasteiger partial charge is 0.261 e.